The molecule has 0 bridgehead atoms. The van der Waals surface area contributed by atoms with Crippen LogP contribution in [0.3, 0.4) is 0 Å². The molecule has 0 unspecified atom stereocenters. The molecule has 0 amide bonds. The molecule has 0 spiro atoms. The SMILES string of the molecule is Cc1cccc(Cn2c(=O)c3c(nc4n3CCN4Cc3ccccc3)n(C)c2=O)c1. The zero-order valence-corrected chi connectivity index (χ0v) is 17.1. The Labute approximate surface area is 173 Å². The van der Waals surface area contributed by atoms with Crippen LogP contribution in [0.15, 0.2) is 64.2 Å². The van der Waals surface area contributed by atoms with Gasteiger partial charge in [-0.05, 0) is 18.1 Å². The van der Waals surface area contributed by atoms with Crippen molar-refractivity contribution in [3.05, 3.63) is 92.1 Å². The van der Waals surface area contributed by atoms with Crippen LogP contribution < -0.4 is 16.1 Å². The third kappa shape index (κ3) is 2.94. The van der Waals surface area contributed by atoms with Crippen molar-refractivity contribution in [2.75, 3.05) is 11.4 Å². The zero-order valence-electron chi connectivity index (χ0n) is 17.1. The lowest BCUT2D eigenvalue weighted by atomic mass is 10.1. The fourth-order valence-corrected chi connectivity index (χ4v) is 4.22. The number of nitrogens with zero attached hydrogens (tertiary/aromatic N) is 5. The molecule has 2 aromatic carbocycles. The van der Waals surface area contributed by atoms with E-state index in [0.717, 1.165) is 30.2 Å². The van der Waals surface area contributed by atoms with Crippen LogP contribution >= 0.6 is 0 Å². The van der Waals surface area contributed by atoms with E-state index in [-0.39, 0.29) is 17.8 Å². The van der Waals surface area contributed by atoms with Crippen molar-refractivity contribution < 1.29 is 0 Å². The van der Waals surface area contributed by atoms with Crippen molar-refractivity contribution in [3.8, 4) is 0 Å². The fraction of sp³-hybridized carbons (Fsp3) is 0.261. The molecule has 1 aliphatic heterocycles. The van der Waals surface area contributed by atoms with E-state index in [1.807, 2.05) is 54.0 Å². The fourth-order valence-electron chi connectivity index (χ4n) is 4.22. The summed E-state index contributed by atoms with van der Waals surface area (Å²) in [5.74, 6) is 0.745. The van der Waals surface area contributed by atoms with E-state index < -0.39 is 0 Å². The number of aromatic nitrogens is 4. The Balaban J connectivity index is 1.61. The summed E-state index contributed by atoms with van der Waals surface area (Å²) in [5, 5.41) is 0. The van der Waals surface area contributed by atoms with Crippen molar-refractivity contribution in [1.82, 2.24) is 18.7 Å². The zero-order chi connectivity index (χ0) is 20.8. The maximum atomic E-state index is 13.3. The lowest BCUT2D eigenvalue weighted by Gasteiger charge is -2.15. The number of fused-ring (bicyclic) bond motifs is 3. The van der Waals surface area contributed by atoms with Gasteiger partial charge in [-0.15, -0.1) is 0 Å². The molecule has 7 nitrogen and oxygen atoms in total. The highest BCUT2D eigenvalue weighted by atomic mass is 16.2. The van der Waals surface area contributed by atoms with Gasteiger partial charge in [0.05, 0.1) is 6.54 Å². The molecule has 5 rings (SSSR count). The van der Waals surface area contributed by atoms with E-state index in [1.165, 1.54) is 14.7 Å². The maximum Gasteiger partial charge on any atom is 0.332 e. The van der Waals surface area contributed by atoms with Gasteiger partial charge in [0, 0.05) is 26.7 Å². The van der Waals surface area contributed by atoms with Gasteiger partial charge in [-0.3, -0.25) is 13.9 Å². The molecule has 3 heterocycles. The van der Waals surface area contributed by atoms with Crippen molar-refractivity contribution >= 4 is 17.1 Å². The third-order valence-electron chi connectivity index (χ3n) is 5.73. The minimum absolute atomic E-state index is 0.247. The van der Waals surface area contributed by atoms with Crippen molar-refractivity contribution in [3.63, 3.8) is 0 Å². The predicted molar refractivity (Wildman–Crippen MR) is 117 cm³/mol. The first kappa shape index (κ1) is 18.4. The van der Waals surface area contributed by atoms with Crippen LogP contribution in [-0.2, 0) is 26.7 Å². The van der Waals surface area contributed by atoms with Crippen molar-refractivity contribution in [1.29, 1.82) is 0 Å². The average molecular weight is 401 g/mol. The summed E-state index contributed by atoms with van der Waals surface area (Å²) in [6.07, 6.45) is 0. The van der Waals surface area contributed by atoms with Crippen LogP contribution in [0, 0.1) is 6.92 Å². The number of hydrogen-bond donors (Lipinski definition) is 0. The summed E-state index contributed by atoms with van der Waals surface area (Å²) < 4.78 is 4.75. The van der Waals surface area contributed by atoms with E-state index >= 15 is 0 Å². The summed E-state index contributed by atoms with van der Waals surface area (Å²) in [5.41, 5.74) is 3.52. The lowest BCUT2D eigenvalue weighted by Crippen LogP contribution is -2.40. The highest BCUT2D eigenvalue weighted by Gasteiger charge is 2.27. The Morgan fingerprint density at radius 3 is 2.47 bits per heavy atom. The monoisotopic (exact) mass is 401 g/mol. The van der Waals surface area contributed by atoms with Gasteiger partial charge in [-0.2, -0.15) is 4.98 Å². The normalized spacial score (nSPS) is 13.2. The van der Waals surface area contributed by atoms with Gasteiger partial charge < -0.3 is 9.47 Å². The van der Waals surface area contributed by atoms with Crippen LogP contribution in [0.5, 0.6) is 0 Å². The Morgan fingerprint density at radius 2 is 1.70 bits per heavy atom. The third-order valence-corrected chi connectivity index (χ3v) is 5.73. The van der Waals surface area contributed by atoms with Crippen LogP contribution in [0.1, 0.15) is 16.7 Å². The van der Waals surface area contributed by atoms with E-state index in [4.69, 9.17) is 4.98 Å². The van der Waals surface area contributed by atoms with E-state index in [2.05, 4.69) is 17.0 Å². The molecule has 0 atom stereocenters. The average Bonchev–Trinajstić information content (AvgIpc) is 3.31. The second kappa shape index (κ2) is 7.02. The molecule has 1 aliphatic rings. The molecule has 2 aromatic heterocycles. The highest BCUT2D eigenvalue weighted by molar-refractivity contribution is 5.75. The van der Waals surface area contributed by atoms with Gasteiger partial charge in [0.1, 0.15) is 0 Å². The van der Waals surface area contributed by atoms with Crippen LogP contribution in [0.4, 0.5) is 5.95 Å². The van der Waals surface area contributed by atoms with E-state index in [1.54, 1.807) is 7.05 Å². The van der Waals surface area contributed by atoms with Crippen molar-refractivity contribution in [2.45, 2.75) is 26.6 Å². The Bertz CT molecular complexity index is 1360. The molecule has 0 fully saturated rings. The first-order valence-electron chi connectivity index (χ1n) is 10.1. The number of benzene rings is 2. The minimum Gasteiger partial charge on any atom is -0.336 e. The first-order chi connectivity index (χ1) is 14.5. The Hall–Kier alpha value is -3.61. The smallest absolute Gasteiger partial charge is 0.332 e. The van der Waals surface area contributed by atoms with Crippen LogP contribution in [-0.4, -0.2) is 25.2 Å². The number of aryl methyl sites for hydroxylation is 2. The first-order valence-corrected chi connectivity index (χ1v) is 10.1. The second-order valence-corrected chi connectivity index (χ2v) is 7.86. The summed E-state index contributed by atoms with van der Waals surface area (Å²) in [6, 6.07) is 18.1. The van der Waals surface area contributed by atoms with Gasteiger partial charge in [0.15, 0.2) is 11.2 Å². The summed E-state index contributed by atoms with van der Waals surface area (Å²) in [4.78, 5) is 33.2. The lowest BCUT2D eigenvalue weighted by molar-refractivity contribution is 0.651. The molecule has 7 heteroatoms. The topological polar surface area (TPSA) is 65.1 Å². The van der Waals surface area contributed by atoms with E-state index in [9.17, 15) is 9.59 Å². The Kier molecular flexibility index (Phi) is 4.31. The van der Waals surface area contributed by atoms with Crippen LogP contribution in [0.2, 0.25) is 0 Å². The molecule has 0 aliphatic carbocycles. The molecule has 0 saturated carbocycles. The molecule has 0 N–H and O–H groups in total. The largest absolute Gasteiger partial charge is 0.336 e. The molecule has 0 radical (unpaired) electrons. The van der Waals surface area contributed by atoms with Gasteiger partial charge in [-0.1, -0.05) is 60.2 Å². The highest BCUT2D eigenvalue weighted by Crippen LogP contribution is 2.26. The molecule has 30 heavy (non-hydrogen) atoms. The number of rotatable bonds is 4. The van der Waals surface area contributed by atoms with Gasteiger partial charge in [0.25, 0.3) is 5.56 Å². The van der Waals surface area contributed by atoms with E-state index in [0.29, 0.717) is 17.7 Å². The molecule has 152 valence electrons. The molecule has 4 aromatic rings. The number of imidazole rings is 1. The molecular formula is C23H23N5O2. The van der Waals surface area contributed by atoms with Crippen LogP contribution in [0.25, 0.3) is 11.2 Å². The summed E-state index contributed by atoms with van der Waals surface area (Å²) >= 11 is 0. The predicted octanol–water partition coefficient (Wildman–Crippen LogP) is 2.27. The number of hydrogen-bond acceptors (Lipinski definition) is 4. The van der Waals surface area contributed by atoms with Gasteiger partial charge in [0.2, 0.25) is 5.95 Å². The maximum absolute atomic E-state index is 13.3. The summed E-state index contributed by atoms with van der Waals surface area (Å²) in [6.45, 7) is 4.43. The van der Waals surface area contributed by atoms with Gasteiger partial charge in [-0.25, -0.2) is 4.79 Å². The molecular weight excluding hydrogens is 378 g/mol. The van der Waals surface area contributed by atoms with Gasteiger partial charge >= 0.3 is 5.69 Å². The minimum atomic E-state index is -0.347. The van der Waals surface area contributed by atoms with Crippen molar-refractivity contribution in [2.24, 2.45) is 7.05 Å². The second-order valence-electron chi connectivity index (χ2n) is 7.86. The quantitative estimate of drug-likeness (QED) is 0.526. The standard InChI is InChI=1S/C23H23N5O2/c1-16-7-6-10-18(13-16)15-28-21(29)19-20(25(2)23(28)30)24-22-26(11-12-27(19)22)14-17-8-4-3-5-9-17/h3-10,13H,11-12,14-15H2,1-2H3. The molecule has 0 saturated heterocycles. The summed E-state index contributed by atoms with van der Waals surface area (Å²) in [7, 11) is 1.68. The number of anilines is 1. The Morgan fingerprint density at radius 1 is 0.933 bits per heavy atom.